The Bertz CT molecular complexity index is 248. The zero-order chi connectivity index (χ0) is 16.5. The van der Waals surface area contributed by atoms with Gasteiger partial charge in [0.2, 0.25) is 0 Å². The van der Waals surface area contributed by atoms with Crippen molar-refractivity contribution in [3.05, 3.63) is 24.7 Å². The maximum atomic E-state index is 9.66. The van der Waals surface area contributed by atoms with Crippen LogP contribution in [0.25, 0.3) is 0 Å². The molecule has 0 aliphatic rings. The Hall–Kier alpha value is -1.00. The van der Waals surface area contributed by atoms with Crippen LogP contribution in [0.4, 0.5) is 0 Å². The molecule has 130 valence electrons. The van der Waals surface area contributed by atoms with E-state index in [1.165, 1.54) is 12.8 Å². The van der Waals surface area contributed by atoms with Gasteiger partial charge in [0.1, 0.15) is 13.2 Å². The van der Waals surface area contributed by atoms with Gasteiger partial charge in [0.05, 0.1) is 24.7 Å². The number of hydrogen-bond acceptors (Lipinski definition) is 4. The lowest BCUT2D eigenvalue weighted by Crippen LogP contribution is -2.13. The third-order valence-electron chi connectivity index (χ3n) is 3.37. The standard InChI is InChI=1S/C18H34O4/c1-3-13-21-15-17(19)11-9-7-5-6-8-10-12-18(20)16-22-14-4-2/h3-4,13-14,17-20H,5-12,15-16H2,1-2H3. The fourth-order valence-corrected chi connectivity index (χ4v) is 2.16. The van der Waals surface area contributed by atoms with E-state index < -0.39 is 0 Å². The van der Waals surface area contributed by atoms with Crippen LogP contribution in [0, 0.1) is 0 Å². The van der Waals surface area contributed by atoms with Gasteiger partial charge < -0.3 is 19.7 Å². The minimum absolute atomic E-state index is 0.358. The van der Waals surface area contributed by atoms with Crippen LogP contribution < -0.4 is 0 Å². The number of hydrogen-bond donors (Lipinski definition) is 2. The lowest BCUT2D eigenvalue weighted by Gasteiger charge is -2.10. The van der Waals surface area contributed by atoms with E-state index in [0.717, 1.165) is 38.5 Å². The molecular weight excluding hydrogens is 280 g/mol. The van der Waals surface area contributed by atoms with Crippen molar-refractivity contribution < 1.29 is 19.7 Å². The summed E-state index contributed by atoms with van der Waals surface area (Å²) in [5.74, 6) is 0. The highest BCUT2D eigenvalue weighted by Gasteiger charge is 2.04. The number of rotatable bonds is 15. The van der Waals surface area contributed by atoms with Crippen molar-refractivity contribution in [2.45, 2.75) is 77.4 Å². The van der Waals surface area contributed by atoms with Crippen LogP contribution in [0.1, 0.15) is 65.2 Å². The minimum Gasteiger partial charge on any atom is -0.499 e. The van der Waals surface area contributed by atoms with Gasteiger partial charge in [0, 0.05) is 0 Å². The molecule has 0 amide bonds. The molecule has 4 heteroatoms. The first-order valence-corrected chi connectivity index (χ1v) is 8.52. The molecule has 0 saturated carbocycles. The number of unbranched alkanes of at least 4 members (excludes halogenated alkanes) is 5. The third kappa shape index (κ3) is 15.4. The molecule has 0 aliphatic heterocycles. The van der Waals surface area contributed by atoms with Crippen LogP contribution in [0.15, 0.2) is 24.7 Å². The van der Waals surface area contributed by atoms with Gasteiger partial charge in [-0.25, -0.2) is 0 Å². The van der Waals surface area contributed by atoms with E-state index in [9.17, 15) is 10.2 Å². The van der Waals surface area contributed by atoms with Crippen molar-refractivity contribution in [1.29, 1.82) is 0 Å². The molecule has 2 unspecified atom stereocenters. The summed E-state index contributed by atoms with van der Waals surface area (Å²) in [5, 5.41) is 19.3. The molecular formula is C18H34O4. The van der Waals surface area contributed by atoms with Crippen molar-refractivity contribution in [2.75, 3.05) is 13.2 Å². The summed E-state index contributed by atoms with van der Waals surface area (Å²) in [6, 6.07) is 0. The van der Waals surface area contributed by atoms with Crippen molar-refractivity contribution >= 4 is 0 Å². The first kappa shape index (κ1) is 21.0. The molecule has 2 atom stereocenters. The molecule has 0 aromatic carbocycles. The van der Waals surface area contributed by atoms with E-state index in [0.29, 0.717) is 13.2 Å². The lowest BCUT2D eigenvalue weighted by atomic mass is 10.1. The minimum atomic E-state index is -0.358. The number of aliphatic hydroxyl groups is 2. The summed E-state index contributed by atoms with van der Waals surface area (Å²) >= 11 is 0. The number of allylic oxidation sites excluding steroid dienone is 2. The van der Waals surface area contributed by atoms with Crippen molar-refractivity contribution in [1.82, 2.24) is 0 Å². The third-order valence-corrected chi connectivity index (χ3v) is 3.37. The maximum Gasteiger partial charge on any atom is 0.113 e. The summed E-state index contributed by atoms with van der Waals surface area (Å²) < 4.78 is 10.3. The molecule has 0 fully saturated rings. The van der Waals surface area contributed by atoms with Gasteiger partial charge >= 0.3 is 0 Å². The van der Waals surface area contributed by atoms with Crippen LogP contribution in [0.5, 0.6) is 0 Å². The zero-order valence-electron chi connectivity index (χ0n) is 14.2. The molecule has 2 N–H and O–H groups in total. The Morgan fingerprint density at radius 1 is 0.682 bits per heavy atom. The maximum absolute atomic E-state index is 9.66. The highest BCUT2D eigenvalue weighted by atomic mass is 16.5. The van der Waals surface area contributed by atoms with E-state index >= 15 is 0 Å². The second kappa shape index (κ2) is 16.4. The Balaban J connectivity index is 3.26. The largest absolute Gasteiger partial charge is 0.499 e. The van der Waals surface area contributed by atoms with Crippen LogP contribution >= 0.6 is 0 Å². The van der Waals surface area contributed by atoms with Gasteiger partial charge in [-0.3, -0.25) is 0 Å². The molecule has 4 nitrogen and oxygen atoms in total. The van der Waals surface area contributed by atoms with Gasteiger partial charge in [-0.2, -0.15) is 0 Å². The first-order chi connectivity index (χ1) is 10.7. The second-order valence-corrected chi connectivity index (χ2v) is 5.61. The van der Waals surface area contributed by atoms with Crippen LogP contribution in [-0.2, 0) is 9.47 Å². The fourth-order valence-electron chi connectivity index (χ4n) is 2.16. The fraction of sp³-hybridized carbons (Fsp3) is 0.778. The zero-order valence-corrected chi connectivity index (χ0v) is 14.2. The quantitative estimate of drug-likeness (QED) is 0.355. The smallest absolute Gasteiger partial charge is 0.113 e. The summed E-state index contributed by atoms with van der Waals surface area (Å²) in [4.78, 5) is 0. The van der Waals surface area contributed by atoms with Gasteiger partial charge in [0.25, 0.3) is 0 Å². The van der Waals surface area contributed by atoms with E-state index in [1.807, 2.05) is 26.0 Å². The van der Waals surface area contributed by atoms with E-state index in [1.54, 1.807) is 12.5 Å². The molecule has 0 spiro atoms. The molecule has 22 heavy (non-hydrogen) atoms. The topological polar surface area (TPSA) is 58.9 Å². The van der Waals surface area contributed by atoms with Gasteiger partial charge in [0.15, 0.2) is 0 Å². The highest BCUT2D eigenvalue weighted by molar-refractivity contribution is 4.67. The van der Waals surface area contributed by atoms with Gasteiger partial charge in [-0.15, -0.1) is 0 Å². The molecule has 0 aromatic rings. The Labute approximate surface area is 135 Å². The summed E-state index contributed by atoms with van der Waals surface area (Å²) in [6.07, 6.45) is 14.5. The Morgan fingerprint density at radius 3 is 1.41 bits per heavy atom. The lowest BCUT2D eigenvalue weighted by molar-refractivity contribution is 0.0748. The summed E-state index contributed by atoms with van der Waals surface area (Å²) in [7, 11) is 0. The second-order valence-electron chi connectivity index (χ2n) is 5.61. The Morgan fingerprint density at radius 2 is 1.05 bits per heavy atom. The van der Waals surface area contributed by atoms with Crippen LogP contribution in [-0.4, -0.2) is 35.6 Å². The molecule has 0 rings (SSSR count). The predicted octanol–water partition coefficient (Wildman–Crippen LogP) is 3.93. The van der Waals surface area contributed by atoms with Crippen LogP contribution in [0.3, 0.4) is 0 Å². The average molecular weight is 314 g/mol. The van der Waals surface area contributed by atoms with Gasteiger partial charge in [-0.1, -0.05) is 50.7 Å². The number of ether oxygens (including phenoxy) is 2. The molecule has 0 aromatic heterocycles. The first-order valence-electron chi connectivity index (χ1n) is 8.52. The molecule has 0 heterocycles. The van der Waals surface area contributed by atoms with E-state index in [2.05, 4.69) is 0 Å². The SMILES string of the molecule is CC=COCC(O)CCCCCCCCC(O)COC=CC. The Kier molecular flexibility index (Phi) is 15.6. The molecule has 0 aliphatic carbocycles. The average Bonchev–Trinajstić information content (AvgIpc) is 2.50. The molecule has 0 radical (unpaired) electrons. The van der Waals surface area contributed by atoms with Crippen molar-refractivity contribution in [2.24, 2.45) is 0 Å². The van der Waals surface area contributed by atoms with E-state index in [-0.39, 0.29) is 12.2 Å². The van der Waals surface area contributed by atoms with Crippen LogP contribution in [0.2, 0.25) is 0 Å². The predicted molar refractivity (Wildman–Crippen MR) is 90.5 cm³/mol. The monoisotopic (exact) mass is 314 g/mol. The van der Waals surface area contributed by atoms with Gasteiger partial charge in [-0.05, 0) is 26.7 Å². The number of aliphatic hydroxyl groups excluding tert-OH is 2. The molecule has 0 bridgehead atoms. The highest BCUT2D eigenvalue weighted by Crippen LogP contribution is 2.11. The summed E-state index contributed by atoms with van der Waals surface area (Å²) in [5.41, 5.74) is 0. The van der Waals surface area contributed by atoms with Crippen molar-refractivity contribution in [3.63, 3.8) is 0 Å². The summed E-state index contributed by atoms with van der Waals surface area (Å²) in [6.45, 7) is 4.55. The normalized spacial score (nSPS) is 14.5. The molecule has 0 saturated heterocycles. The van der Waals surface area contributed by atoms with E-state index in [4.69, 9.17) is 9.47 Å². The van der Waals surface area contributed by atoms with Crippen molar-refractivity contribution in [3.8, 4) is 0 Å².